The van der Waals surface area contributed by atoms with E-state index in [0.29, 0.717) is 0 Å². The number of rotatable bonds is 5. The number of benzene rings is 7. The second-order valence-corrected chi connectivity index (χ2v) is 20.3. The molecule has 2 aliphatic heterocycles. The monoisotopic (exact) mass is 821 g/mol. The molecule has 10 rings (SSSR count). The van der Waals surface area contributed by atoms with Gasteiger partial charge in [-0.3, -0.25) is 0 Å². The molecule has 0 radical (unpaired) electrons. The highest BCUT2D eigenvalue weighted by molar-refractivity contribution is 7.29. The minimum atomic E-state index is -0.627. The zero-order valence-corrected chi connectivity index (χ0v) is 37.0. The first kappa shape index (κ1) is 29.3. The summed E-state index contributed by atoms with van der Waals surface area (Å²) in [5.41, 5.74) is 8.24. The number of nitrogens with zero attached hydrogens (tertiary/aromatic N) is 3. The molecule has 3 heterocycles. The molecule has 0 saturated heterocycles. The van der Waals surface area contributed by atoms with Crippen LogP contribution in [0.1, 0.15) is 92.0 Å². The lowest BCUT2D eigenvalue weighted by atomic mass is 9.36. The van der Waals surface area contributed by atoms with Crippen LogP contribution in [-0.4, -0.2) is 6.71 Å². The van der Waals surface area contributed by atoms with E-state index in [1.54, 1.807) is 11.3 Å². The van der Waals surface area contributed by atoms with Crippen molar-refractivity contribution in [3.8, 4) is 0 Å². The van der Waals surface area contributed by atoms with Crippen molar-refractivity contribution in [3.63, 3.8) is 0 Å². The summed E-state index contributed by atoms with van der Waals surface area (Å²) in [6.07, 6.45) is 0. The van der Waals surface area contributed by atoms with Crippen LogP contribution >= 0.6 is 11.3 Å². The molecule has 0 saturated carbocycles. The van der Waals surface area contributed by atoms with E-state index in [2.05, 4.69) is 151 Å². The van der Waals surface area contributed by atoms with E-state index >= 15 is 0 Å². The van der Waals surface area contributed by atoms with Crippen LogP contribution in [0, 0.1) is 0 Å². The highest BCUT2D eigenvalue weighted by Gasteiger charge is 2.46. The lowest BCUT2D eigenvalue weighted by Gasteiger charge is -2.44. The average Bonchev–Trinajstić information content (AvgIpc) is 3.78. The molecule has 2 aliphatic rings. The molecule has 0 unspecified atom stereocenters. The maximum absolute atomic E-state index is 9.43. The molecular weight excluding hydrogens is 758 g/mol. The van der Waals surface area contributed by atoms with Gasteiger partial charge >= 0.3 is 0 Å². The minimum absolute atomic E-state index is 0.142. The van der Waals surface area contributed by atoms with E-state index < -0.39 is 60.4 Å². The Labute approximate surface area is 381 Å². The van der Waals surface area contributed by atoms with Gasteiger partial charge in [-0.1, -0.05) is 153 Å². The van der Waals surface area contributed by atoms with Gasteiger partial charge in [0.05, 0.1) is 25.1 Å². The Morgan fingerprint density at radius 2 is 1.05 bits per heavy atom. The summed E-state index contributed by atoms with van der Waals surface area (Å²) in [5.74, 6) is 0. The van der Waals surface area contributed by atoms with Crippen molar-refractivity contribution >= 4 is 95.7 Å². The van der Waals surface area contributed by atoms with Crippen LogP contribution in [0.15, 0.2) is 164 Å². The largest absolute Gasteiger partial charge is 0.311 e. The quantitative estimate of drug-likeness (QED) is 0.160. The summed E-state index contributed by atoms with van der Waals surface area (Å²) in [5, 5.41) is 2.08. The van der Waals surface area contributed by atoms with Crippen molar-refractivity contribution < 1.29 is 13.7 Å². The first-order valence-electron chi connectivity index (χ1n) is 25.9. The van der Waals surface area contributed by atoms with Gasteiger partial charge < -0.3 is 14.7 Å². The second-order valence-electron chi connectivity index (χ2n) is 19.2. The third-order valence-electron chi connectivity index (χ3n) is 12.0. The van der Waals surface area contributed by atoms with Crippen LogP contribution in [0.4, 0.5) is 51.2 Å². The lowest BCUT2D eigenvalue weighted by Crippen LogP contribution is -2.60. The van der Waals surface area contributed by atoms with E-state index in [0.717, 1.165) is 71.7 Å². The highest BCUT2D eigenvalue weighted by Crippen LogP contribution is 2.50. The van der Waals surface area contributed by atoms with Crippen molar-refractivity contribution in [1.29, 1.82) is 0 Å². The Morgan fingerprint density at radius 3 is 1.64 bits per heavy atom. The van der Waals surface area contributed by atoms with Crippen LogP contribution in [0.2, 0.25) is 0 Å². The van der Waals surface area contributed by atoms with Crippen molar-refractivity contribution in [2.45, 2.75) is 78.6 Å². The van der Waals surface area contributed by atoms with Crippen LogP contribution < -0.4 is 30.4 Å². The summed E-state index contributed by atoms with van der Waals surface area (Å²) in [6, 6.07) is 29.8. The predicted molar refractivity (Wildman–Crippen MR) is 267 cm³/mol. The number of fused-ring (bicyclic) bond motifs is 5. The normalized spacial score (nSPS) is 15.9. The third kappa shape index (κ3) is 6.75. The topological polar surface area (TPSA) is 9.72 Å². The molecule has 0 spiro atoms. The van der Waals surface area contributed by atoms with E-state index in [1.165, 1.54) is 9.78 Å². The lowest BCUT2D eigenvalue weighted by molar-refractivity contribution is 0.590. The molecule has 0 N–H and O–H groups in total. The van der Waals surface area contributed by atoms with Crippen molar-refractivity contribution in [1.82, 2.24) is 0 Å². The van der Waals surface area contributed by atoms with Gasteiger partial charge in [-0.25, -0.2) is 0 Å². The molecule has 0 amide bonds. The fourth-order valence-electron chi connectivity index (χ4n) is 8.75. The molecule has 302 valence electrons. The highest BCUT2D eigenvalue weighted by atomic mass is 32.1. The number of hydrogen-bond donors (Lipinski definition) is 0. The van der Waals surface area contributed by atoms with Gasteiger partial charge in [-0.05, 0) is 122 Å². The average molecular weight is 822 g/mol. The summed E-state index contributed by atoms with van der Waals surface area (Å²) in [6.45, 7) is 19.5. The fourth-order valence-corrected chi connectivity index (χ4v) is 10.1. The van der Waals surface area contributed by atoms with Gasteiger partial charge in [0.2, 0.25) is 0 Å². The number of para-hydroxylation sites is 2. The molecule has 0 bridgehead atoms. The zero-order valence-electron chi connectivity index (χ0n) is 46.1. The van der Waals surface area contributed by atoms with Gasteiger partial charge in [0.25, 0.3) is 6.71 Å². The summed E-state index contributed by atoms with van der Waals surface area (Å²) < 4.78 is 91.7. The van der Waals surface area contributed by atoms with Crippen molar-refractivity contribution in [2.24, 2.45) is 0 Å². The van der Waals surface area contributed by atoms with Crippen LogP contribution in [0.5, 0.6) is 0 Å². The van der Waals surface area contributed by atoms with Crippen LogP contribution in [-0.2, 0) is 16.2 Å². The van der Waals surface area contributed by atoms with Gasteiger partial charge in [0.15, 0.2) is 0 Å². The van der Waals surface area contributed by atoms with E-state index in [-0.39, 0.29) is 40.0 Å². The van der Waals surface area contributed by atoms with Gasteiger partial charge in [-0.15, -0.1) is 0 Å². The maximum Gasteiger partial charge on any atom is 0.264 e. The standard InChI is InChI=1S/C56H54BN3S/c1-54(2,3)39-25-29-43(30-26-39)59-47-33-40(55(4,5)6)27-31-46(47)57-52-48(59)34-45(58(41-20-12-10-13-21-41)42-22-14-11-15-23-42)35-49(52)60(50-36-51(56(7,8)9)61-53(50)57)44-28-24-37-18-16-17-19-38(37)32-44/h10-36H,1-9H3/i10D,11D,12D,13D,14D,15D,20D,21D,22D,23D. The summed E-state index contributed by atoms with van der Waals surface area (Å²) in [7, 11) is 0. The molecule has 7 aromatic carbocycles. The SMILES string of the molecule is [2H]c1c([2H])c([2H])c(N(c2cc3c4c(c2)N(c2ccc5ccccc5c2)c2cc(C(C)(C)C)sc2B4c2ccc(C(C)(C)C)cc2N3c2ccc(C(C)(C)C)cc2)c2c([2H])c([2H])c([2H])c([2H])c2[2H])c([2H])c1[2H]. The Balaban J connectivity index is 1.42. The molecule has 8 aromatic rings. The van der Waals surface area contributed by atoms with Gasteiger partial charge in [-0.2, -0.15) is 11.3 Å². The molecule has 3 nitrogen and oxygen atoms in total. The molecule has 1 aromatic heterocycles. The minimum Gasteiger partial charge on any atom is -0.311 e. The first-order valence-corrected chi connectivity index (χ1v) is 21.7. The Bertz CT molecular complexity index is 3410. The number of hydrogen-bond acceptors (Lipinski definition) is 4. The third-order valence-corrected chi connectivity index (χ3v) is 13.6. The molecule has 5 heteroatoms. The smallest absolute Gasteiger partial charge is 0.264 e. The summed E-state index contributed by atoms with van der Waals surface area (Å²) in [4.78, 5) is 6.94. The van der Waals surface area contributed by atoms with Crippen molar-refractivity contribution in [3.05, 3.63) is 180 Å². The molecular formula is C56H54BN3S. The van der Waals surface area contributed by atoms with Gasteiger partial charge in [0, 0.05) is 49.5 Å². The molecule has 61 heavy (non-hydrogen) atoms. The Hall–Kier alpha value is -6.04. The van der Waals surface area contributed by atoms with Crippen LogP contribution in [0.25, 0.3) is 10.8 Å². The van der Waals surface area contributed by atoms with Crippen LogP contribution in [0.3, 0.4) is 0 Å². The fraction of sp³-hybridized carbons (Fsp3) is 0.214. The molecule has 0 atom stereocenters. The van der Waals surface area contributed by atoms with E-state index in [4.69, 9.17) is 8.22 Å². The number of anilines is 9. The first-order chi connectivity index (χ1) is 33.3. The predicted octanol–water partition coefficient (Wildman–Crippen LogP) is 14.3. The van der Waals surface area contributed by atoms with Crippen molar-refractivity contribution in [2.75, 3.05) is 14.7 Å². The van der Waals surface area contributed by atoms with E-state index in [1.807, 2.05) is 24.3 Å². The Morgan fingerprint density at radius 1 is 0.492 bits per heavy atom. The molecule has 0 fully saturated rings. The number of thiophene rings is 1. The second kappa shape index (κ2) is 14.3. The zero-order chi connectivity index (χ0) is 51.1. The molecule has 0 aliphatic carbocycles. The maximum atomic E-state index is 9.43. The van der Waals surface area contributed by atoms with E-state index in [9.17, 15) is 5.48 Å². The summed E-state index contributed by atoms with van der Waals surface area (Å²) >= 11 is 1.79. The Kier molecular flexibility index (Phi) is 6.85. The van der Waals surface area contributed by atoms with Gasteiger partial charge in [0.1, 0.15) is 0 Å².